The predicted octanol–water partition coefficient (Wildman–Crippen LogP) is 4.10. The zero-order valence-electron chi connectivity index (χ0n) is 10.4. The maximum absolute atomic E-state index is 6.06. The molecule has 2 heterocycles. The van der Waals surface area contributed by atoms with E-state index in [1.807, 2.05) is 36.4 Å². The van der Waals surface area contributed by atoms with E-state index in [9.17, 15) is 0 Å². The third-order valence-electron chi connectivity index (χ3n) is 3.03. The highest BCUT2D eigenvalue weighted by Gasteiger charge is 2.07. The Bertz CT molecular complexity index is 704. The number of aromatic amines is 1. The molecule has 4 heteroatoms. The van der Waals surface area contributed by atoms with E-state index in [-0.39, 0.29) is 0 Å². The fourth-order valence-corrected chi connectivity index (χ4v) is 2.21. The number of rotatable bonds is 2. The Morgan fingerprint density at radius 1 is 1.05 bits per heavy atom. The van der Waals surface area contributed by atoms with E-state index in [1.165, 1.54) is 5.56 Å². The second kappa shape index (κ2) is 4.86. The lowest BCUT2D eigenvalue weighted by atomic mass is 10.1. The fourth-order valence-electron chi connectivity index (χ4n) is 2.04. The highest BCUT2D eigenvalue weighted by molar-refractivity contribution is 6.30. The monoisotopic (exact) mass is 269 g/mol. The van der Waals surface area contributed by atoms with E-state index < -0.39 is 0 Å². The van der Waals surface area contributed by atoms with Crippen LogP contribution < -0.4 is 0 Å². The minimum Gasteiger partial charge on any atom is -0.353 e. The van der Waals surface area contributed by atoms with Gasteiger partial charge in [0.2, 0.25) is 0 Å². The topological polar surface area (TPSA) is 41.6 Å². The van der Waals surface area contributed by atoms with Crippen LogP contribution in [0.25, 0.3) is 22.6 Å². The summed E-state index contributed by atoms with van der Waals surface area (Å²) in [7, 11) is 0. The lowest BCUT2D eigenvalue weighted by Gasteiger charge is -2.04. The maximum atomic E-state index is 6.06. The summed E-state index contributed by atoms with van der Waals surface area (Å²) in [4.78, 5) is 11.5. The molecule has 0 saturated carbocycles. The van der Waals surface area contributed by atoms with Gasteiger partial charge in [-0.1, -0.05) is 17.7 Å². The molecule has 0 saturated heterocycles. The van der Waals surface area contributed by atoms with Crippen molar-refractivity contribution in [3.8, 4) is 22.6 Å². The average molecular weight is 270 g/mol. The van der Waals surface area contributed by atoms with Crippen LogP contribution in [0, 0.1) is 6.92 Å². The largest absolute Gasteiger partial charge is 0.353 e. The fraction of sp³-hybridized carbons (Fsp3) is 0.0667. The second-order valence-electron chi connectivity index (χ2n) is 4.34. The molecule has 3 aromatic rings. The van der Waals surface area contributed by atoms with Crippen molar-refractivity contribution < 1.29 is 0 Å². The van der Waals surface area contributed by atoms with Gasteiger partial charge in [-0.15, -0.1) is 0 Å². The summed E-state index contributed by atoms with van der Waals surface area (Å²) in [5, 5.41) is 0.735. The minimum atomic E-state index is 0.735. The van der Waals surface area contributed by atoms with Crippen LogP contribution in [0.3, 0.4) is 0 Å². The molecule has 0 aliphatic carbocycles. The molecule has 19 heavy (non-hydrogen) atoms. The quantitative estimate of drug-likeness (QED) is 0.761. The van der Waals surface area contributed by atoms with Gasteiger partial charge in [-0.2, -0.15) is 0 Å². The molecule has 1 N–H and O–H groups in total. The molecule has 0 radical (unpaired) electrons. The smallest absolute Gasteiger partial charge is 0.116 e. The normalized spacial score (nSPS) is 10.6. The summed E-state index contributed by atoms with van der Waals surface area (Å²) < 4.78 is 0. The third-order valence-corrected chi connectivity index (χ3v) is 3.27. The Morgan fingerprint density at radius 2 is 1.89 bits per heavy atom. The second-order valence-corrected chi connectivity index (χ2v) is 4.78. The molecule has 1 aromatic carbocycles. The van der Waals surface area contributed by atoms with E-state index in [2.05, 4.69) is 21.9 Å². The van der Waals surface area contributed by atoms with E-state index in [0.717, 1.165) is 27.7 Å². The van der Waals surface area contributed by atoms with E-state index in [4.69, 9.17) is 11.6 Å². The Morgan fingerprint density at radius 3 is 2.68 bits per heavy atom. The summed E-state index contributed by atoms with van der Waals surface area (Å²) in [6.07, 6.45) is 3.27. The highest BCUT2D eigenvalue weighted by Crippen LogP contribution is 2.28. The molecule has 0 atom stereocenters. The first-order chi connectivity index (χ1) is 9.24. The molecule has 94 valence electrons. The van der Waals surface area contributed by atoms with Crippen molar-refractivity contribution in [2.75, 3.05) is 0 Å². The minimum absolute atomic E-state index is 0.735. The zero-order chi connectivity index (χ0) is 13.2. The summed E-state index contributed by atoms with van der Waals surface area (Å²) >= 11 is 6.06. The number of halogens is 1. The van der Waals surface area contributed by atoms with Crippen LogP contribution in [0.15, 0.2) is 48.9 Å². The Labute approximate surface area is 116 Å². The first-order valence-corrected chi connectivity index (χ1v) is 6.34. The van der Waals surface area contributed by atoms with Crippen molar-refractivity contribution in [2.24, 2.45) is 0 Å². The van der Waals surface area contributed by atoms with Crippen LogP contribution >= 0.6 is 11.6 Å². The first kappa shape index (κ1) is 11.9. The number of hydrogen-bond donors (Lipinski definition) is 1. The lowest BCUT2D eigenvalue weighted by Crippen LogP contribution is -1.86. The highest BCUT2D eigenvalue weighted by atomic mass is 35.5. The van der Waals surface area contributed by atoms with Gasteiger partial charge < -0.3 is 4.98 Å². The van der Waals surface area contributed by atoms with Crippen LogP contribution in [-0.4, -0.2) is 15.0 Å². The Kier molecular flexibility index (Phi) is 3.05. The van der Waals surface area contributed by atoms with Gasteiger partial charge in [-0.3, -0.25) is 0 Å². The van der Waals surface area contributed by atoms with Crippen LogP contribution in [-0.2, 0) is 0 Å². The average Bonchev–Trinajstić information content (AvgIpc) is 2.92. The van der Waals surface area contributed by atoms with Gasteiger partial charge in [0.05, 0.1) is 11.4 Å². The Balaban J connectivity index is 2.04. The van der Waals surface area contributed by atoms with Crippen LogP contribution in [0.4, 0.5) is 0 Å². The zero-order valence-corrected chi connectivity index (χ0v) is 11.1. The van der Waals surface area contributed by atoms with E-state index in [0.29, 0.717) is 0 Å². The van der Waals surface area contributed by atoms with Gasteiger partial charge in [-0.05, 0) is 42.8 Å². The van der Waals surface area contributed by atoms with Gasteiger partial charge >= 0.3 is 0 Å². The van der Waals surface area contributed by atoms with E-state index in [1.54, 1.807) is 12.5 Å². The van der Waals surface area contributed by atoms with E-state index >= 15 is 0 Å². The molecule has 0 aliphatic rings. The molecule has 0 fully saturated rings. The van der Waals surface area contributed by atoms with Crippen molar-refractivity contribution in [1.82, 2.24) is 15.0 Å². The van der Waals surface area contributed by atoms with Crippen LogP contribution in [0.1, 0.15) is 5.56 Å². The SMILES string of the molecule is Cc1ccc(Cl)cc1-c1ccc(-c2ccncn2)[nH]1. The predicted molar refractivity (Wildman–Crippen MR) is 77.0 cm³/mol. The maximum Gasteiger partial charge on any atom is 0.116 e. The molecule has 3 rings (SSSR count). The third kappa shape index (κ3) is 2.37. The molecule has 0 amide bonds. The summed E-state index contributed by atoms with van der Waals surface area (Å²) in [6.45, 7) is 2.07. The van der Waals surface area contributed by atoms with Crippen LogP contribution in [0.5, 0.6) is 0 Å². The molecule has 3 nitrogen and oxygen atoms in total. The van der Waals surface area contributed by atoms with Crippen LogP contribution in [0.2, 0.25) is 5.02 Å². The number of benzene rings is 1. The first-order valence-electron chi connectivity index (χ1n) is 5.96. The lowest BCUT2D eigenvalue weighted by molar-refractivity contribution is 1.16. The van der Waals surface area contributed by atoms with Gasteiger partial charge in [0, 0.05) is 22.5 Å². The summed E-state index contributed by atoms with van der Waals surface area (Å²) in [5.74, 6) is 0. The summed E-state index contributed by atoms with van der Waals surface area (Å²) in [6, 6.07) is 11.8. The van der Waals surface area contributed by atoms with Crippen molar-refractivity contribution in [3.63, 3.8) is 0 Å². The number of aryl methyl sites for hydroxylation is 1. The van der Waals surface area contributed by atoms with Crippen molar-refractivity contribution in [2.45, 2.75) is 6.92 Å². The van der Waals surface area contributed by atoms with Gasteiger partial charge in [-0.25, -0.2) is 9.97 Å². The summed E-state index contributed by atoms with van der Waals surface area (Å²) in [5.41, 5.74) is 5.17. The molecular weight excluding hydrogens is 258 g/mol. The number of nitrogens with one attached hydrogen (secondary N) is 1. The number of H-pyrrole nitrogens is 1. The Hall–Kier alpha value is -2.13. The molecule has 2 aromatic heterocycles. The van der Waals surface area contributed by atoms with Gasteiger partial charge in [0.15, 0.2) is 0 Å². The van der Waals surface area contributed by atoms with Crippen molar-refractivity contribution in [1.29, 1.82) is 0 Å². The molecule has 0 aliphatic heterocycles. The number of aromatic nitrogens is 3. The van der Waals surface area contributed by atoms with Crippen molar-refractivity contribution in [3.05, 3.63) is 59.5 Å². The standard InChI is InChI=1S/C15H12ClN3/c1-10-2-3-11(16)8-12(10)13-4-5-15(19-13)14-6-7-17-9-18-14/h2-9,19H,1H3. The molecule has 0 bridgehead atoms. The molecule has 0 spiro atoms. The molecular formula is C15H12ClN3. The molecule has 0 unspecified atom stereocenters. The number of hydrogen-bond acceptors (Lipinski definition) is 2. The van der Waals surface area contributed by atoms with Crippen molar-refractivity contribution >= 4 is 11.6 Å². The van der Waals surface area contributed by atoms with Gasteiger partial charge in [0.25, 0.3) is 0 Å². The number of nitrogens with zero attached hydrogens (tertiary/aromatic N) is 2. The van der Waals surface area contributed by atoms with Gasteiger partial charge in [0.1, 0.15) is 6.33 Å².